The molecule has 2 aromatic heterocycles. The zero-order valence-corrected chi connectivity index (χ0v) is 18.4. The molecule has 0 radical (unpaired) electrons. The van der Waals surface area contributed by atoms with Crippen molar-refractivity contribution in [3.8, 4) is 5.75 Å². The molecule has 3 aromatic rings. The number of fused-ring (bicyclic) bond motifs is 1. The van der Waals surface area contributed by atoms with Crippen LogP contribution in [0.5, 0.6) is 5.75 Å². The van der Waals surface area contributed by atoms with Crippen molar-refractivity contribution in [2.24, 2.45) is 0 Å². The van der Waals surface area contributed by atoms with Crippen molar-refractivity contribution >= 4 is 33.4 Å². The summed E-state index contributed by atoms with van der Waals surface area (Å²) < 4.78 is 7.27. The molecule has 2 amide bonds. The Bertz CT molecular complexity index is 1050. The van der Waals surface area contributed by atoms with E-state index >= 15 is 0 Å². The Labute approximate surface area is 180 Å². The van der Waals surface area contributed by atoms with Gasteiger partial charge in [0, 0.05) is 37.6 Å². The molecule has 6 nitrogen and oxygen atoms in total. The van der Waals surface area contributed by atoms with Crippen molar-refractivity contribution in [1.82, 2.24) is 14.4 Å². The molecule has 0 spiro atoms. The molecule has 158 valence electrons. The first-order valence-electron chi connectivity index (χ1n) is 10.3. The van der Waals surface area contributed by atoms with E-state index in [1.807, 2.05) is 47.1 Å². The van der Waals surface area contributed by atoms with Gasteiger partial charge in [-0.3, -0.25) is 9.59 Å². The number of hydrogen-bond donors (Lipinski definition) is 0. The number of nitrogens with zero attached hydrogens (tertiary/aromatic N) is 3. The molecule has 30 heavy (non-hydrogen) atoms. The summed E-state index contributed by atoms with van der Waals surface area (Å²) in [5.74, 6) is 0.926. The van der Waals surface area contributed by atoms with Gasteiger partial charge in [0.1, 0.15) is 16.3 Å². The lowest BCUT2D eigenvalue weighted by Gasteiger charge is -2.40. The van der Waals surface area contributed by atoms with E-state index < -0.39 is 0 Å². The Balaban J connectivity index is 1.42. The summed E-state index contributed by atoms with van der Waals surface area (Å²) in [5, 5.41) is 3.17. The van der Waals surface area contributed by atoms with Crippen LogP contribution in [0.4, 0.5) is 0 Å². The van der Waals surface area contributed by atoms with E-state index in [4.69, 9.17) is 4.74 Å². The minimum atomic E-state index is -0.0143. The van der Waals surface area contributed by atoms with E-state index in [2.05, 4.69) is 22.9 Å². The standard InChI is InChI=1S/C23H27N3O3S/c1-4-25-20(14-18-9-12-30-23(18)25)22(28)24-10-11-26(16(2)15-24)21(27)13-17-5-7-19(29-3)8-6-17/h5-9,12,14,16H,4,10-11,13,15H2,1-3H3/t16-/m1/s1. The first-order chi connectivity index (χ1) is 14.5. The van der Waals surface area contributed by atoms with Crippen molar-refractivity contribution in [3.63, 3.8) is 0 Å². The second-order valence-electron chi connectivity index (χ2n) is 7.67. The molecule has 1 fully saturated rings. The van der Waals surface area contributed by atoms with Crippen LogP contribution in [0.2, 0.25) is 0 Å². The predicted molar refractivity (Wildman–Crippen MR) is 119 cm³/mol. The normalized spacial score (nSPS) is 16.8. The fourth-order valence-corrected chi connectivity index (χ4v) is 5.12. The van der Waals surface area contributed by atoms with Crippen LogP contribution in [0.25, 0.3) is 10.2 Å². The number of rotatable bonds is 5. The van der Waals surface area contributed by atoms with Crippen LogP contribution >= 0.6 is 11.3 Å². The van der Waals surface area contributed by atoms with Crippen LogP contribution in [0.3, 0.4) is 0 Å². The minimum absolute atomic E-state index is 0.0143. The number of carbonyl (C=O) groups is 2. The summed E-state index contributed by atoms with van der Waals surface area (Å²) in [6.45, 7) is 6.51. The van der Waals surface area contributed by atoms with Crippen LogP contribution in [0, 0.1) is 0 Å². The number of piperazine rings is 1. The van der Waals surface area contributed by atoms with E-state index in [0.29, 0.717) is 26.1 Å². The molecule has 1 aliphatic heterocycles. The number of thiophene rings is 1. The van der Waals surface area contributed by atoms with Gasteiger partial charge >= 0.3 is 0 Å². The SMILES string of the molecule is CCn1c(C(=O)N2CCN(C(=O)Cc3ccc(OC)cc3)[C@H](C)C2)cc2ccsc21. The van der Waals surface area contributed by atoms with Gasteiger partial charge in [0.15, 0.2) is 0 Å². The third-order valence-electron chi connectivity index (χ3n) is 5.79. The zero-order valence-electron chi connectivity index (χ0n) is 17.6. The van der Waals surface area contributed by atoms with Gasteiger partial charge in [-0.15, -0.1) is 11.3 Å². The summed E-state index contributed by atoms with van der Waals surface area (Å²) in [6, 6.07) is 11.6. The van der Waals surface area contributed by atoms with Gasteiger partial charge in [-0.1, -0.05) is 12.1 Å². The smallest absolute Gasteiger partial charge is 0.270 e. The summed E-state index contributed by atoms with van der Waals surface area (Å²) in [6.07, 6.45) is 0.358. The topological polar surface area (TPSA) is 54.8 Å². The zero-order chi connectivity index (χ0) is 21.3. The molecule has 1 aliphatic rings. The van der Waals surface area contributed by atoms with Crippen molar-refractivity contribution in [3.05, 3.63) is 53.0 Å². The first kappa shape index (κ1) is 20.5. The summed E-state index contributed by atoms with van der Waals surface area (Å²) >= 11 is 1.66. The number of ether oxygens (including phenoxy) is 1. The van der Waals surface area contributed by atoms with Crippen molar-refractivity contribution in [2.45, 2.75) is 32.9 Å². The van der Waals surface area contributed by atoms with Gasteiger partial charge in [0.05, 0.1) is 13.5 Å². The molecule has 0 N–H and O–H groups in total. The summed E-state index contributed by atoms with van der Waals surface area (Å²) in [7, 11) is 1.63. The third kappa shape index (κ3) is 3.81. The quantitative estimate of drug-likeness (QED) is 0.627. The van der Waals surface area contributed by atoms with Gasteiger partial charge in [0.25, 0.3) is 5.91 Å². The van der Waals surface area contributed by atoms with Crippen LogP contribution in [0.15, 0.2) is 41.8 Å². The molecule has 4 rings (SSSR count). The molecule has 3 heterocycles. The molecule has 1 aromatic carbocycles. The summed E-state index contributed by atoms with van der Waals surface area (Å²) in [5.41, 5.74) is 1.71. The lowest BCUT2D eigenvalue weighted by Crippen LogP contribution is -2.56. The highest BCUT2D eigenvalue weighted by Crippen LogP contribution is 2.27. The lowest BCUT2D eigenvalue weighted by molar-refractivity contribution is -0.134. The van der Waals surface area contributed by atoms with E-state index in [1.165, 1.54) is 0 Å². The number of carbonyl (C=O) groups excluding carboxylic acids is 2. The van der Waals surface area contributed by atoms with E-state index in [1.54, 1.807) is 18.4 Å². The van der Waals surface area contributed by atoms with Crippen molar-refractivity contribution < 1.29 is 14.3 Å². The van der Waals surface area contributed by atoms with Gasteiger partial charge in [-0.25, -0.2) is 0 Å². The number of methoxy groups -OCH3 is 1. The predicted octanol–water partition coefficient (Wildman–Crippen LogP) is 3.65. The van der Waals surface area contributed by atoms with Gasteiger partial charge in [-0.2, -0.15) is 0 Å². The third-order valence-corrected chi connectivity index (χ3v) is 6.74. The Morgan fingerprint density at radius 2 is 1.93 bits per heavy atom. The largest absolute Gasteiger partial charge is 0.497 e. The molecule has 0 bridgehead atoms. The minimum Gasteiger partial charge on any atom is -0.497 e. The first-order valence-corrected chi connectivity index (χ1v) is 11.2. The second kappa shape index (κ2) is 8.52. The van der Waals surface area contributed by atoms with Gasteiger partial charge in [0.2, 0.25) is 5.91 Å². The van der Waals surface area contributed by atoms with Crippen LogP contribution in [-0.4, -0.2) is 59.0 Å². The number of benzene rings is 1. The van der Waals surface area contributed by atoms with E-state index in [9.17, 15) is 9.59 Å². The Kier molecular flexibility index (Phi) is 5.81. The van der Waals surface area contributed by atoms with Crippen LogP contribution in [0.1, 0.15) is 29.9 Å². The van der Waals surface area contributed by atoms with Crippen LogP contribution < -0.4 is 4.74 Å². The number of aryl methyl sites for hydroxylation is 1. The Morgan fingerprint density at radius 1 is 1.17 bits per heavy atom. The maximum atomic E-state index is 13.2. The average molecular weight is 426 g/mol. The molecular formula is C23H27N3O3S. The maximum absolute atomic E-state index is 13.2. The highest BCUT2D eigenvalue weighted by atomic mass is 32.1. The van der Waals surface area contributed by atoms with Crippen molar-refractivity contribution in [2.75, 3.05) is 26.7 Å². The molecule has 0 unspecified atom stereocenters. The van der Waals surface area contributed by atoms with E-state index in [-0.39, 0.29) is 17.9 Å². The number of hydrogen-bond acceptors (Lipinski definition) is 4. The maximum Gasteiger partial charge on any atom is 0.270 e. The molecule has 0 aliphatic carbocycles. The van der Waals surface area contributed by atoms with Gasteiger partial charge < -0.3 is 19.1 Å². The fourth-order valence-electron chi connectivity index (χ4n) is 4.16. The van der Waals surface area contributed by atoms with Gasteiger partial charge in [-0.05, 0) is 49.1 Å². The summed E-state index contributed by atoms with van der Waals surface area (Å²) in [4.78, 5) is 31.0. The Hall–Kier alpha value is -2.80. The fraction of sp³-hybridized carbons (Fsp3) is 0.391. The lowest BCUT2D eigenvalue weighted by atomic mass is 10.1. The van der Waals surface area contributed by atoms with Crippen LogP contribution in [-0.2, 0) is 17.8 Å². The monoisotopic (exact) mass is 425 g/mol. The number of amides is 2. The molecule has 7 heteroatoms. The van der Waals surface area contributed by atoms with Crippen molar-refractivity contribution in [1.29, 1.82) is 0 Å². The number of aromatic nitrogens is 1. The highest BCUT2D eigenvalue weighted by Gasteiger charge is 2.31. The second-order valence-corrected chi connectivity index (χ2v) is 8.56. The molecular weight excluding hydrogens is 398 g/mol. The Morgan fingerprint density at radius 3 is 2.60 bits per heavy atom. The molecule has 0 saturated carbocycles. The molecule has 1 atom stereocenters. The average Bonchev–Trinajstić information content (AvgIpc) is 3.34. The highest BCUT2D eigenvalue weighted by molar-refractivity contribution is 7.16. The molecule has 1 saturated heterocycles. The van der Waals surface area contributed by atoms with E-state index in [0.717, 1.165) is 33.8 Å².